The van der Waals surface area contributed by atoms with E-state index in [4.69, 9.17) is 10.5 Å². The summed E-state index contributed by atoms with van der Waals surface area (Å²) in [6.07, 6.45) is 0. The van der Waals surface area contributed by atoms with E-state index in [0.717, 1.165) is 5.56 Å². The van der Waals surface area contributed by atoms with Crippen LogP contribution in [-0.4, -0.2) is 37.0 Å². The first kappa shape index (κ1) is 14.0. The molecule has 0 spiro atoms. The highest BCUT2D eigenvalue weighted by molar-refractivity contribution is 5.92. The average Bonchev–Trinajstić information content (AvgIpc) is 2.33. The van der Waals surface area contributed by atoms with Crippen molar-refractivity contribution in [2.24, 2.45) is 0 Å². The first-order chi connectivity index (χ1) is 8.43. The molecule has 5 nitrogen and oxygen atoms in total. The number of hydrogen-bond acceptors (Lipinski definition) is 4. The minimum atomic E-state index is -0.539. The monoisotopic (exact) mass is 250 g/mol. The van der Waals surface area contributed by atoms with Gasteiger partial charge in [-0.3, -0.25) is 4.79 Å². The van der Waals surface area contributed by atoms with Crippen LogP contribution in [-0.2, 0) is 9.53 Å². The summed E-state index contributed by atoms with van der Waals surface area (Å²) in [5.74, 6) is -0.769. The van der Waals surface area contributed by atoms with E-state index in [1.54, 1.807) is 19.2 Å². The Morgan fingerprint density at radius 2 is 2.00 bits per heavy atom. The van der Waals surface area contributed by atoms with E-state index in [9.17, 15) is 9.59 Å². The normalized spacial score (nSPS) is 9.94. The molecule has 0 radical (unpaired) electrons. The Morgan fingerprint density at radius 1 is 1.33 bits per heavy atom. The van der Waals surface area contributed by atoms with Gasteiger partial charge in [-0.05, 0) is 37.6 Å². The molecule has 1 rings (SSSR count). The van der Waals surface area contributed by atoms with Gasteiger partial charge in [0, 0.05) is 19.3 Å². The number of rotatable bonds is 4. The van der Waals surface area contributed by atoms with Crippen molar-refractivity contribution in [1.82, 2.24) is 4.90 Å². The van der Waals surface area contributed by atoms with Crippen molar-refractivity contribution in [1.29, 1.82) is 0 Å². The van der Waals surface area contributed by atoms with Gasteiger partial charge in [0.25, 0.3) is 5.91 Å². The second-order valence-corrected chi connectivity index (χ2v) is 4.12. The van der Waals surface area contributed by atoms with Gasteiger partial charge in [0.15, 0.2) is 6.61 Å². The molecular weight excluding hydrogens is 232 g/mol. The maximum atomic E-state index is 11.7. The standard InChI is InChI=1S/C13H18N2O3/c1-4-15(3)12(16)8-18-13(17)10-5-9(2)6-11(14)7-10/h5-7H,4,8,14H2,1-3H3. The van der Waals surface area contributed by atoms with Gasteiger partial charge in [0.1, 0.15) is 0 Å². The van der Waals surface area contributed by atoms with Gasteiger partial charge in [-0.15, -0.1) is 0 Å². The third kappa shape index (κ3) is 3.76. The molecule has 0 saturated heterocycles. The van der Waals surface area contributed by atoms with Crippen LogP contribution in [0.1, 0.15) is 22.8 Å². The Bertz CT molecular complexity index is 437. The van der Waals surface area contributed by atoms with Gasteiger partial charge in [-0.2, -0.15) is 0 Å². The summed E-state index contributed by atoms with van der Waals surface area (Å²) >= 11 is 0. The van der Waals surface area contributed by atoms with Crippen LogP contribution in [0.5, 0.6) is 0 Å². The zero-order valence-corrected chi connectivity index (χ0v) is 10.9. The number of aryl methyl sites for hydroxylation is 1. The van der Waals surface area contributed by atoms with Gasteiger partial charge in [-0.1, -0.05) is 0 Å². The van der Waals surface area contributed by atoms with Gasteiger partial charge in [0.05, 0.1) is 5.56 Å². The van der Waals surface area contributed by atoms with E-state index >= 15 is 0 Å². The molecule has 0 bridgehead atoms. The van der Waals surface area contributed by atoms with Crippen LogP contribution in [0, 0.1) is 6.92 Å². The molecule has 0 aliphatic heterocycles. The van der Waals surface area contributed by atoms with Crippen LogP contribution in [0.15, 0.2) is 18.2 Å². The topological polar surface area (TPSA) is 72.6 Å². The van der Waals surface area contributed by atoms with Gasteiger partial charge < -0.3 is 15.4 Å². The van der Waals surface area contributed by atoms with Crippen molar-refractivity contribution in [3.05, 3.63) is 29.3 Å². The number of carbonyl (C=O) groups excluding carboxylic acids is 2. The third-order valence-electron chi connectivity index (χ3n) is 2.56. The lowest BCUT2D eigenvalue weighted by Gasteiger charge is -2.14. The Morgan fingerprint density at radius 3 is 2.56 bits per heavy atom. The summed E-state index contributed by atoms with van der Waals surface area (Å²) in [5.41, 5.74) is 7.37. The largest absolute Gasteiger partial charge is 0.452 e. The lowest BCUT2D eigenvalue weighted by Crippen LogP contribution is -2.30. The number of likely N-dealkylation sites (N-methyl/N-ethyl adjacent to an activating group) is 1. The summed E-state index contributed by atoms with van der Waals surface area (Å²) in [5, 5.41) is 0. The number of nitrogens with zero attached hydrogens (tertiary/aromatic N) is 1. The quantitative estimate of drug-likeness (QED) is 0.644. The smallest absolute Gasteiger partial charge is 0.338 e. The van der Waals surface area contributed by atoms with Gasteiger partial charge >= 0.3 is 5.97 Å². The van der Waals surface area contributed by atoms with Crippen molar-refractivity contribution in [3.8, 4) is 0 Å². The summed E-state index contributed by atoms with van der Waals surface area (Å²) in [4.78, 5) is 24.7. The maximum absolute atomic E-state index is 11.7. The van der Waals surface area contributed by atoms with Gasteiger partial charge in [0.2, 0.25) is 0 Å². The van der Waals surface area contributed by atoms with Crippen LogP contribution >= 0.6 is 0 Å². The number of carbonyl (C=O) groups is 2. The first-order valence-corrected chi connectivity index (χ1v) is 5.72. The first-order valence-electron chi connectivity index (χ1n) is 5.72. The number of hydrogen-bond donors (Lipinski definition) is 1. The third-order valence-corrected chi connectivity index (χ3v) is 2.56. The fourth-order valence-electron chi connectivity index (χ4n) is 1.43. The predicted octanol–water partition coefficient (Wildman–Crippen LogP) is 1.21. The number of esters is 1. The van der Waals surface area contributed by atoms with Crippen LogP contribution in [0.3, 0.4) is 0 Å². The molecule has 1 amide bonds. The van der Waals surface area contributed by atoms with Crippen molar-refractivity contribution in [3.63, 3.8) is 0 Å². The zero-order valence-electron chi connectivity index (χ0n) is 10.9. The molecule has 0 unspecified atom stereocenters. The van der Waals surface area contributed by atoms with Crippen LogP contribution in [0.25, 0.3) is 0 Å². The molecule has 5 heteroatoms. The van der Waals surface area contributed by atoms with Crippen LogP contribution in [0.2, 0.25) is 0 Å². The van der Waals surface area contributed by atoms with E-state index in [-0.39, 0.29) is 12.5 Å². The molecule has 0 atom stereocenters. The van der Waals surface area contributed by atoms with Gasteiger partial charge in [-0.25, -0.2) is 4.79 Å². The number of nitrogen functional groups attached to an aromatic ring is 1. The zero-order chi connectivity index (χ0) is 13.7. The highest BCUT2D eigenvalue weighted by Gasteiger charge is 2.13. The van der Waals surface area contributed by atoms with E-state index in [1.807, 2.05) is 13.8 Å². The molecule has 0 aromatic heterocycles. The van der Waals surface area contributed by atoms with E-state index in [0.29, 0.717) is 17.8 Å². The minimum absolute atomic E-state index is 0.230. The lowest BCUT2D eigenvalue weighted by molar-refractivity contribution is -0.133. The number of benzene rings is 1. The number of anilines is 1. The number of nitrogens with two attached hydrogens (primary N) is 1. The molecule has 0 saturated carbocycles. The molecule has 1 aromatic rings. The fourth-order valence-corrected chi connectivity index (χ4v) is 1.43. The van der Waals surface area contributed by atoms with Crippen molar-refractivity contribution in [2.45, 2.75) is 13.8 Å². The molecule has 98 valence electrons. The van der Waals surface area contributed by atoms with E-state index in [1.165, 1.54) is 11.0 Å². The highest BCUT2D eigenvalue weighted by Crippen LogP contribution is 2.12. The minimum Gasteiger partial charge on any atom is -0.452 e. The molecular formula is C13H18N2O3. The number of ether oxygens (including phenoxy) is 1. The molecule has 0 aliphatic rings. The highest BCUT2D eigenvalue weighted by atomic mass is 16.5. The predicted molar refractivity (Wildman–Crippen MR) is 69.2 cm³/mol. The second-order valence-electron chi connectivity index (χ2n) is 4.12. The molecule has 1 aromatic carbocycles. The molecule has 2 N–H and O–H groups in total. The van der Waals surface area contributed by atoms with Crippen LogP contribution < -0.4 is 5.73 Å². The van der Waals surface area contributed by atoms with Crippen molar-refractivity contribution >= 4 is 17.6 Å². The Labute approximate surface area is 107 Å². The molecule has 0 heterocycles. The summed E-state index contributed by atoms with van der Waals surface area (Å²) in [7, 11) is 1.65. The second kappa shape index (κ2) is 6.05. The summed E-state index contributed by atoms with van der Waals surface area (Å²) in [6.45, 7) is 4.01. The van der Waals surface area contributed by atoms with Crippen LogP contribution in [0.4, 0.5) is 5.69 Å². The maximum Gasteiger partial charge on any atom is 0.338 e. The van der Waals surface area contributed by atoms with E-state index in [2.05, 4.69) is 0 Å². The molecule has 0 aliphatic carbocycles. The average molecular weight is 250 g/mol. The number of amides is 1. The Balaban J connectivity index is 2.63. The molecule has 18 heavy (non-hydrogen) atoms. The van der Waals surface area contributed by atoms with Crippen molar-refractivity contribution in [2.75, 3.05) is 25.9 Å². The Kier molecular flexibility index (Phi) is 4.71. The van der Waals surface area contributed by atoms with E-state index < -0.39 is 5.97 Å². The van der Waals surface area contributed by atoms with Crippen molar-refractivity contribution < 1.29 is 14.3 Å². The molecule has 0 fully saturated rings. The SMILES string of the molecule is CCN(C)C(=O)COC(=O)c1cc(C)cc(N)c1. The Hall–Kier alpha value is -2.04. The fraction of sp³-hybridized carbons (Fsp3) is 0.385. The summed E-state index contributed by atoms with van der Waals surface area (Å²) in [6, 6.07) is 4.96. The lowest BCUT2D eigenvalue weighted by atomic mass is 10.1. The summed E-state index contributed by atoms with van der Waals surface area (Å²) < 4.78 is 4.94.